The smallest absolute Gasteiger partial charge is 0.267 e. The summed E-state index contributed by atoms with van der Waals surface area (Å²) in [4.78, 5) is 14.2. The predicted octanol–water partition coefficient (Wildman–Crippen LogP) is 1.71. The third-order valence-electron chi connectivity index (χ3n) is 2.60. The molecule has 0 aliphatic rings. The highest BCUT2D eigenvalue weighted by molar-refractivity contribution is 7.11. The number of nitrogens with zero attached hydrogens (tertiary/aromatic N) is 2. The van der Waals surface area contributed by atoms with Crippen molar-refractivity contribution < 1.29 is 0 Å². The monoisotopic (exact) mass is 263 g/mol. The molecule has 0 aromatic carbocycles. The highest BCUT2D eigenvalue weighted by Crippen LogP contribution is 2.14. The molecule has 2 aromatic rings. The Bertz CT molecular complexity index is 574. The number of nitrogens with one attached hydrogen (secondary N) is 1. The number of hydrogen-bond donors (Lipinski definition) is 1. The van der Waals surface area contributed by atoms with Crippen molar-refractivity contribution in [3.63, 3.8) is 0 Å². The quantitative estimate of drug-likeness (QED) is 0.835. The summed E-state index contributed by atoms with van der Waals surface area (Å²) in [5.74, 6) is 0. The number of hydrogen-bond acceptors (Lipinski definition) is 4. The lowest BCUT2D eigenvalue weighted by Gasteiger charge is -2.05. The molecule has 0 saturated carbocycles. The third kappa shape index (κ3) is 3.51. The van der Waals surface area contributed by atoms with Gasteiger partial charge in [0.1, 0.15) is 0 Å². The molecule has 0 atom stereocenters. The maximum atomic E-state index is 11.6. The van der Waals surface area contributed by atoms with Gasteiger partial charge in [-0.1, -0.05) is 0 Å². The highest BCUT2D eigenvalue weighted by Gasteiger charge is 1.99. The average molecular weight is 263 g/mol. The molecule has 4 nitrogen and oxygen atoms in total. The van der Waals surface area contributed by atoms with E-state index in [2.05, 4.69) is 29.5 Å². The van der Waals surface area contributed by atoms with Gasteiger partial charge >= 0.3 is 0 Å². The van der Waals surface area contributed by atoms with E-state index in [1.54, 1.807) is 23.6 Å². The fraction of sp³-hybridized carbons (Fsp3) is 0.385. The second-order valence-electron chi connectivity index (χ2n) is 4.28. The molecule has 0 unspecified atom stereocenters. The van der Waals surface area contributed by atoms with Crippen molar-refractivity contribution in [3.8, 4) is 0 Å². The Morgan fingerprint density at radius 3 is 2.89 bits per heavy atom. The van der Waals surface area contributed by atoms with Gasteiger partial charge in [0.05, 0.1) is 12.7 Å². The van der Waals surface area contributed by atoms with Crippen molar-refractivity contribution in [2.24, 2.45) is 0 Å². The van der Waals surface area contributed by atoms with E-state index in [0.29, 0.717) is 6.54 Å². The molecule has 1 N–H and O–H groups in total. The summed E-state index contributed by atoms with van der Waals surface area (Å²) in [6.07, 6.45) is 1.71. The summed E-state index contributed by atoms with van der Waals surface area (Å²) in [6, 6.07) is 5.85. The molecule has 0 aliphatic heterocycles. The molecule has 2 heterocycles. The molecule has 96 valence electrons. The van der Waals surface area contributed by atoms with Crippen LogP contribution < -0.4 is 10.9 Å². The second kappa shape index (κ2) is 5.93. The Labute approximate surface area is 110 Å². The summed E-state index contributed by atoms with van der Waals surface area (Å²) in [5.41, 5.74) is 0.863. The SMILES string of the molecule is Cc1cnn(CCNCc2ccc(C)s2)c(=O)c1. The number of aromatic nitrogens is 2. The first kappa shape index (κ1) is 13.0. The summed E-state index contributed by atoms with van der Waals surface area (Å²) >= 11 is 1.79. The van der Waals surface area contributed by atoms with Crippen molar-refractivity contribution in [3.05, 3.63) is 50.1 Å². The van der Waals surface area contributed by atoms with E-state index >= 15 is 0 Å². The maximum absolute atomic E-state index is 11.6. The number of rotatable bonds is 5. The van der Waals surface area contributed by atoms with Gasteiger partial charge in [0, 0.05) is 28.9 Å². The molecule has 0 aliphatic carbocycles. The van der Waals surface area contributed by atoms with Gasteiger partial charge < -0.3 is 5.32 Å². The van der Waals surface area contributed by atoms with Crippen LogP contribution in [0.4, 0.5) is 0 Å². The van der Waals surface area contributed by atoms with Crippen LogP contribution in [0.25, 0.3) is 0 Å². The van der Waals surface area contributed by atoms with Crippen molar-refractivity contribution in [1.29, 1.82) is 0 Å². The van der Waals surface area contributed by atoms with Gasteiger partial charge in [-0.3, -0.25) is 4.79 Å². The molecule has 0 saturated heterocycles. The van der Waals surface area contributed by atoms with Crippen LogP contribution in [0.15, 0.2) is 29.2 Å². The van der Waals surface area contributed by atoms with E-state index in [4.69, 9.17) is 0 Å². The fourth-order valence-corrected chi connectivity index (χ4v) is 2.53. The first-order valence-corrected chi connectivity index (χ1v) is 6.76. The van der Waals surface area contributed by atoms with E-state index in [-0.39, 0.29) is 5.56 Å². The topological polar surface area (TPSA) is 46.9 Å². The molecule has 0 fully saturated rings. The molecular formula is C13H17N3OS. The zero-order valence-electron chi connectivity index (χ0n) is 10.6. The Morgan fingerprint density at radius 2 is 2.22 bits per heavy atom. The standard InChI is InChI=1S/C13H17N3OS/c1-10-7-13(17)16(15-8-10)6-5-14-9-12-4-3-11(2)18-12/h3-4,7-8,14H,5-6,9H2,1-2H3. The minimum Gasteiger partial charge on any atom is -0.310 e. The van der Waals surface area contributed by atoms with Crippen LogP contribution in [0.2, 0.25) is 0 Å². The summed E-state index contributed by atoms with van der Waals surface area (Å²) < 4.78 is 1.49. The molecule has 2 aromatic heterocycles. The fourth-order valence-electron chi connectivity index (χ4n) is 1.67. The molecule has 5 heteroatoms. The van der Waals surface area contributed by atoms with Gasteiger partial charge in [0.15, 0.2) is 0 Å². The van der Waals surface area contributed by atoms with E-state index in [9.17, 15) is 4.79 Å². The minimum atomic E-state index is -0.0382. The van der Waals surface area contributed by atoms with Crippen molar-refractivity contribution in [2.45, 2.75) is 26.9 Å². The predicted molar refractivity (Wildman–Crippen MR) is 74.0 cm³/mol. The van der Waals surface area contributed by atoms with Gasteiger partial charge in [-0.05, 0) is 31.5 Å². The normalized spacial score (nSPS) is 10.8. The van der Waals surface area contributed by atoms with Gasteiger partial charge in [-0.2, -0.15) is 5.10 Å². The van der Waals surface area contributed by atoms with Crippen LogP contribution in [0.1, 0.15) is 15.3 Å². The van der Waals surface area contributed by atoms with Crippen LogP contribution in [0.5, 0.6) is 0 Å². The first-order chi connectivity index (χ1) is 8.65. The van der Waals surface area contributed by atoms with Gasteiger partial charge in [-0.25, -0.2) is 4.68 Å². The van der Waals surface area contributed by atoms with Crippen molar-refractivity contribution in [1.82, 2.24) is 15.1 Å². The molecule has 0 amide bonds. The lowest BCUT2D eigenvalue weighted by molar-refractivity contribution is 0.532. The Morgan fingerprint density at radius 1 is 1.39 bits per heavy atom. The molecule has 2 rings (SSSR count). The van der Waals surface area contributed by atoms with Crippen LogP contribution in [-0.4, -0.2) is 16.3 Å². The van der Waals surface area contributed by atoms with Crippen molar-refractivity contribution in [2.75, 3.05) is 6.54 Å². The Balaban J connectivity index is 1.80. The van der Waals surface area contributed by atoms with E-state index < -0.39 is 0 Å². The summed E-state index contributed by atoms with van der Waals surface area (Å²) in [5, 5.41) is 7.41. The van der Waals surface area contributed by atoms with Crippen LogP contribution in [0.3, 0.4) is 0 Å². The minimum absolute atomic E-state index is 0.0382. The van der Waals surface area contributed by atoms with Gasteiger partial charge in [0.2, 0.25) is 0 Å². The highest BCUT2D eigenvalue weighted by atomic mass is 32.1. The van der Waals surface area contributed by atoms with Crippen LogP contribution in [-0.2, 0) is 13.1 Å². The van der Waals surface area contributed by atoms with Gasteiger partial charge in [0.25, 0.3) is 5.56 Å². The summed E-state index contributed by atoms with van der Waals surface area (Å²) in [6.45, 7) is 6.16. The van der Waals surface area contributed by atoms with Crippen LogP contribution >= 0.6 is 11.3 Å². The zero-order chi connectivity index (χ0) is 13.0. The van der Waals surface area contributed by atoms with Gasteiger partial charge in [-0.15, -0.1) is 11.3 Å². The maximum Gasteiger partial charge on any atom is 0.267 e. The lowest BCUT2D eigenvalue weighted by Crippen LogP contribution is -2.28. The molecule has 18 heavy (non-hydrogen) atoms. The Hall–Kier alpha value is -1.46. The number of aryl methyl sites for hydroxylation is 2. The molecule has 0 bridgehead atoms. The third-order valence-corrected chi connectivity index (χ3v) is 3.60. The summed E-state index contributed by atoms with van der Waals surface area (Å²) in [7, 11) is 0. The van der Waals surface area contributed by atoms with E-state index in [1.807, 2.05) is 6.92 Å². The zero-order valence-corrected chi connectivity index (χ0v) is 11.5. The largest absolute Gasteiger partial charge is 0.310 e. The molecular weight excluding hydrogens is 246 g/mol. The first-order valence-electron chi connectivity index (χ1n) is 5.95. The molecule has 0 spiro atoms. The lowest BCUT2D eigenvalue weighted by atomic mass is 10.3. The van der Waals surface area contributed by atoms with Crippen molar-refractivity contribution >= 4 is 11.3 Å². The average Bonchev–Trinajstić information content (AvgIpc) is 2.73. The van der Waals surface area contributed by atoms with Crippen LogP contribution in [0, 0.1) is 13.8 Å². The van der Waals surface area contributed by atoms with E-state index in [0.717, 1.165) is 18.7 Å². The Kier molecular flexibility index (Phi) is 4.28. The van der Waals surface area contributed by atoms with E-state index in [1.165, 1.54) is 14.4 Å². The number of thiophene rings is 1. The second-order valence-corrected chi connectivity index (χ2v) is 5.66. The molecule has 0 radical (unpaired) electrons.